The van der Waals surface area contributed by atoms with Crippen LogP contribution in [0.15, 0.2) is 36.5 Å². The number of aliphatic hydroxyl groups excluding tert-OH is 2. The van der Waals surface area contributed by atoms with Crippen molar-refractivity contribution in [1.29, 1.82) is 0 Å². The highest BCUT2D eigenvalue weighted by Gasteiger charge is 2.24. The normalized spacial score (nSPS) is 13.3. The Hall–Kier alpha value is -1.92. The van der Waals surface area contributed by atoms with Crippen LogP contribution in [0, 0.1) is 0 Å². The van der Waals surface area contributed by atoms with Crippen molar-refractivity contribution in [3.63, 3.8) is 0 Å². The maximum absolute atomic E-state index is 13.3. The molecule has 1 amide bonds. The zero-order valence-corrected chi connectivity index (χ0v) is 44.3. The Bertz CT molecular complexity index is 1090. The minimum atomic E-state index is -0.790. The van der Waals surface area contributed by atoms with Gasteiger partial charge >= 0.3 is 5.97 Å². The zero-order valence-electron chi connectivity index (χ0n) is 44.3. The van der Waals surface area contributed by atoms with Crippen molar-refractivity contribution in [2.75, 3.05) is 6.61 Å². The third kappa shape index (κ3) is 48.5. The fourth-order valence-corrected chi connectivity index (χ4v) is 8.99. The zero-order chi connectivity index (χ0) is 48.1. The summed E-state index contributed by atoms with van der Waals surface area (Å²) in [6.45, 7) is 6.49. The number of esters is 1. The highest BCUT2D eigenvalue weighted by Crippen LogP contribution is 2.18. The van der Waals surface area contributed by atoms with Gasteiger partial charge in [-0.1, -0.05) is 250 Å². The van der Waals surface area contributed by atoms with Gasteiger partial charge in [0.1, 0.15) is 6.10 Å². The van der Waals surface area contributed by atoms with E-state index in [4.69, 9.17) is 4.74 Å². The first-order valence-corrected chi connectivity index (χ1v) is 29.2. The van der Waals surface area contributed by atoms with Gasteiger partial charge in [0.05, 0.1) is 25.2 Å². The molecular formula is C60H113NO5. The summed E-state index contributed by atoms with van der Waals surface area (Å²) < 4.78 is 5.96. The Balaban J connectivity index is 4.57. The summed E-state index contributed by atoms with van der Waals surface area (Å²) >= 11 is 0. The number of aliphatic hydroxyl groups is 2. The van der Waals surface area contributed by atoms with Gasteiger partial charge in [0.15, 0.2) is 0 Å². The molecule has 6 heteroatoms. The van der Waals surface area contributed by atoms with Crippen LogP contribution >= 0.6 is 0 Å². The first-order chi connectivity index (χ1) is 32.5. The predicted molar refractivity (Wildman–Crippen MR) is 287 cm³/mol. The molecule has 0 radical (unpaired) electrons. The average Bonchev–Trinajstić information content (AvgIpc) is 3.31. The quantitative estimate of drug-likeness (QED) is 0.0321. The maximum atomic E-state index is 13.3. The van der Waals surface area contributed by atoms with Crippen molar-refractivity contribution in [2.45, 2.75) is 328 Å². The number of nitrogens with one attached hydrogen (secondary N) is 1. The lowest BCUT2D eigenvalue weighted by Crippen LogP contribution is -2.46. The van der Waals surface area contributed by atoms with Gasteiger partial charge in [-0.25, -0.2) is 0 Å². The molecule has 0 saturated carbocycles. The summed E-state index contributed by atoms with van der Waals surface area (Å²) in [6, 6.07) is -0.705. The van der Waals surface area contributed by atoms with Crippen molar-refractivity contribution in [3.8, 4) is 0 Å². The average molecular weight is 929 g/mol. The molecule has 0 aliphatic heterocycles. The second-order valence-corrected chi connectivity index (χ2v) is 20.0. The summed E-state index contributed by atoms with van der Waals surface area (Å²) in [7, 11) is 0. The van der Waals surface area contributed by atoms with Gasteiger partial charge in [0, 0.05) is 6.42 Å². The largest absolute Gasteiger partial charge is 0.462 e. The summed E-state index contributed by atoms with van der Waals surface area (Å²) in [4.78, 5) is 26.3. The van der Waals surface area contributed by atoms with Crippen LogP contribution in [0.2, 0.25) is 0 Å². The third-order valence-electron chi connectivity index (χ3n) is 13.4. The number of amides is 1. The van der Waals surface area contributed by atoms with Crippen LogP contribution in [0.5, 0.6) is 0 Å². The standard InChI is InChI=1S/C60H113NO5/c1-4-7-10-13-16-19-22-25-28-30-31-33-36-39-42-45-48-51-56(66-60(65)53-50-47-44-41-38-35-32-29-26-23-20-17-14-11-8-5-2)54-59(64)61-57(55-62)58(63)52-49-46-43-40-37-34-27-24-21-18-15-12-9-6-3/h16,19,25,28-29,32,56-58,62-63H,4-15,17-18,20-24,26-27,30-31,33-55H2,1-3H3,(H,61,64)/b19-16-,28-25-,32-29+. The molecule has 3 N–H and O–H groups in total. The van der Waals surface area contributed by atoms with Crippen molar-refractivity contribution in [1.82, 2.24) is 5.32 Å². The van der Waals surface area contributed by atoms with E-state index in [0.29, 0.717) is 19.3 Å². The van der Waals surface area contributed by atoms with Gasteiger partial charge in [0.2, 0.25) is 5.91 Å². The molecular weight excluding hydrogens is 815 g/mol. The topological polar surface area (TPSA) is 95.9 Å². The first kappa shape index (κ1) is 64.1. The Labute approximate surface area is 411 Å². The Morgan fingerprint density at radius 2 is 0.773 bits per heavy atom. The van der Waals surface area contributed by atoms with Crippen molar-refractivity contribution in [3.05, 3.63) is 36.5 Å². The Kier molecular flexibility index (Phi) is 52.5. The molecule has 6 nitrogen and oxygen atoms in total. The number of ether oxygens (including phenoxy) is 1. The highest BCUT2D eigenvalue weighted by atomic mass is 16.5. The van der Waals surface area contributed by atoms with Gasteiger partial charge in [-0.05, 0) is 83.5 Å². The number of carbonyl (C=O) groups excluding carboxylic acids is 2. The second-order valence-electron chi connectivity index (χ2n) is 20.0. The number of hydrogen-bond donors (Lipinski definition) is 3. The molecule has 0 aromatic carbocycles. The highest BCUT2D eigenvalue weighted by molar-refractivity contribution is 5.77. The molecule has 388 valence electrons. The van der Waals surface area contributed by atoms with E-state index in [9.17, 15) is 19.8 Å². The fraction of sp³-hybridized carbons (Fsp3) is 0.867. The lowest BCUT2D eigenvalue weighted by molar-refractivity contribution is -0.151. The lowest BCUT2D eigenvalue weighted by atomic mass is 10.0. The van der Waals surface area contributed by atoms with Crippen molar-refractivity contribution in [2.24, 2.45) is 0 Å². The monoisotopic (exact) mass is 928 g/mol. The molecule has 0 fully saturated rings. The summed E-state index contributed by atoms with van der Waals surface area (Å²) in [5.74, 6) is -0.477. The van der Waals surface area contributed by atoms with Gasteiger partial charge in [0.25, 0.3) is 0 Å². The summed E-state index contributed by atoms with van der Waals surface area (Å²) in [5.41, 5.74) is 0. The Morgan fingerprint density at radius 3 is 1.20 bits per heavy atom. The number of carbonyl (C=O) groups is 2. The van der Waals surface area contributed by atoms with Crippen LogP contribution < -0.4 is 5.32 Å². The van der Waals surface area contributed by atoms with E-state index in [0.717, 1.165) is 70.6 Å². The Morgan fingerprint density at radius 1 is 0.439 bits per heavy atom. The van der Waals surface area contributed by atoms with Gasteiger partial charge < -0.3 is 20.3 Å². The number of allylic oxidation sites excluding steroid dienone is 6. The van der Waals surface area contributed by atoms with Gasteiger partial charge in [-0.3, -0.25) is 9.59 Å². The third-order valence-corrected chi connectivity index (χ3v) is 13.4. The van der Waals surface area contributed by atoms with Crippen molar-refractivity contribution >= 4 is 11.9 Å². The van der Waals surface area contributed by atoms with Crippen LogP contribution in [-0.2, 0) is 14.3 Å². The summed E-state index contributed by atoms with van der Waals surface area (Å²) in [5, 5.41) is 23.9. The number of rotatable bonds is 53. The molecule has 0 saturated heterocycles. The van der Waals surface area contributed by atoms with Gasteiger partial charge in [-0.15, -0.1) is 0 Å². The van der Waals surface area contributed by atoms with E-state index < -0.39 is 18.2 Å². The molecule has 0 aliphatic rings. The summed E-state index contributed by atoms with van der Waals surface area (Å²) in [6.07, 6.45) is 64.9. The molecule has 3 atom stereocenters. The molecule has 0 rings (SSSR count). The maximum Gasteiger partial charge on any atom is 0.306 e. The number of hydrogen-bond acceptors (Lipinski definition) is 5. The fourth-order valence-electron chi connectivity index (χ4n) is 8.99. The van der Waals surface area contributed by atoms with E-state index in [-0.39, 0.29) is 24.9 Å². The minimum Gasteiger partial charge on any atom is -0.462 e. The first-order valence-electron chi connectivity index (χ1n) is 29.2. The number of unbranched alkanes of at least 4 members (excludes halogenated alkanes) is 35. The van der Waals surface area contributed by atoms with E-state index in [1.807, 2.05) is 0 Å². The second kappa shape index (κ2) is 54.0. The van der Waals surface area contributed by atoms with Crippen LogP contribution in [-0.4, -0.2) is 46.9 Å². The van der Waals surface area contributed by atoms with E-state index >= 15 is 0 Å². The van der Waals surface area contributed by atoms with Crippen LogP contribution in [0.1, 0.15) is 310 Å². The molecule has 0 bridgehead atoms. The molecule has 3 unspecified atom stereocenters. The predicted octanol–water partition coefficient (Wildman–Crippen LogP) is 18.0. The molecule has 0 heterocycles. The van der Waals surface area contributed by atoms with E-state index in [1.165, 1.54) is 193 Å². The SMILES string of the molecule is CCCCC/C=C\C/C=C\CCCCCCCCCC(CC(=O)NC(CO)C(O)CCCCCCCCCCCCCCCC)OC(=O)CCCCCCC/C=C/CCCCCCCCC. The van der Waals surface area contributed by atoms with Crippen LogP contribution in [0.4, 0.5) is 0 Å². The smallest absolute Gasteiger partial charge is 0.306 e. The minimum absolute atomic E-state index is 0.0719. The van der Waals surface area contributed by atoms with Gasteiger partial charge in [-0.2, -0.15) is 0 Å². The molecule has 0 aromatic rings. The van der Waals surface area contributed by atoms with Crippen LogP contribution in [0.25, 0.3) is 0 Å². The molecule has 0 spiro atoms. The lowest BCUT2D eigenvalue weighted by Gasteiger charge is -2.24. The van der Waals surface area contributed by atoms with E-state index in [2.05, 4.69) is 62.5 Å². The van der Waals surface area contributed by atoms with Crippen LogP contribution in [0.3, 0.4) is 0 Å². The van der Waals surface area contributed by atoms with E-state index in [1.54, 1.807) is 0 Å². The van der Waals surface area contributed by atoms with Crippen molar-refractivity contribution < 1.29 is 24.5 Å². The molecule has 0 aromatic heterocycles. The molecule has 0 aliphatic carbocycles. The molecule has 66 heavy (non-hydrogen) atoms.